The van der Waals surface area contributed by atoms with Crippen LogP contribution in [0.5, 0.6) is 0 Å². The third kappa shape index (κ3) is 5.75. The van der Waals surface area contributed by atoms with Crippen molar-refractivity contribution in [2.24, 2.45) is 0 Å². The largest absolute Gasteiger partial charge is 0.369 e. The number of nitrogens with zero attached hydrogens (tertiary/aromatic N) is 2. The lowest BCUT2D eigenvalue weighted by atomic mass is 10.2. The van der Waals surface area contributed by atoms with Crippen LogP contribution in [0.1, 0.15) is 6.42 Å². The molecule has 5 nitrogen and oxygen atoms in total. The van der Waals surface area contributed by atoms with Crippen molar-refractivity contribution < 1.29 is 12.8 Å². The zero-order chi connectivity index (χ0) is 19.3. The molecule has 0 radical (unpaired) electrons. The number of nitrogens with one attached hydrogen (secondary N) is 1. The summed E-state index contributed by atoms with van der Waals surface area (Å²) in [4.78, 5) is 4.85. The Morgan fingerprint density at radius 2 is 1.59 bits per heavy atom. The molecular formula is C19H23BrFN3O2S. The molecule has 1 aliphatic heterocycles. The van der Waals surface area contributed by atoms with E-state index in [1.54, 1.807) is 24.3 Å². The third-order valence-corrected chi connectivity index (χ3v) is 6.64. The SMILES string of the molecule is O=S(=O)(NCCCN1CCN(c2ccc(F)cc2)CC1)c1ccc(Br)cc1. The molecule has 1 saturated heterocycles. The number of hydrogen-bond acceptors (Lipinski definition) is 4. The summed E-state index contributed by atoms with van der Waals surface area (Å²) in [6, 6.07) is 13.2. The molecule has 0 bridgehead atoms. The van der Waals surface area contributed by atoms with Gasteiger partial charge in [0.15, 0.2) is 0 Å². The summed E-state index contributed by atoms with van der Waals surface area (Å²) in [5, 5.41) is 0. The van der Waals surface area contributed by atoms with Crippen molar-refractivity contribution in [3.8, 4) is 0 Å². The van der Waals surface area contributed by atoms with Gasteiger partial charge in [0.2, 0.25) is 10.0 Å². The van der Waals surface area contributed by atoms with Crippen LogP contribution in [0.3, 0.4) is 0 Å². The average Bonchev–Trinajstić information content (AvgIpc) is 2.67. The van der Waals surface area contributed by atoms with Crippen LogP contribution in [0.2, 0.25) is 0 Å². The molecule has 1 fully saturated rings. The van der Waals surface area contributed by atoms with E-state index in [0.29, 0.717) is 6.54 Å². The molecule has 0 atom stereocenters. The molecule has 27 heavy (non-hydrogen) atoms. The van der Waals surface area contributed by atoms with Gasteiger partial charge in [-0.25, -0.2) is 17.5 Å². The summed E-state index contributed by atoms with van der Waals surface area (Å²) < 4.78 is 41.0. The highest BCUT2D eigenvalue weighted by atomic mass is 79.9. The van der Waals surface area contributed by atoms with Gasteiger partial charge in [0.25, 0.3) is 0 Å². The van der Waals surface area contributed by atoms with Gasteiger partial charge >= 0.3 is 0 Å². The summed E-state index contributed by atoms with van der Waals surface area (Å²) >= 11 is 3.30. The lowest BCUT2D eigenvalue weighted by Crippen LogP contribution is -2.47. The highest BCUT2D eigenvalue weighted by molar-refractivity contribution is 9.10. The van der Waals surface area contributed by atoms with Gasteiger partial charge in [0.1, 0.15) is 5.82 Å². The predicted octanol–water partition coefficient (Wildman–Crippen LogP) is 3.08. The molecule has 146 valence electrons. The van der Waals surface area contributed by atoms with Crippen LogP contribution in [0.25, 0.3) is 0 Å². The van der Waals surface area contributed by atoms with E-state index in [1.165, 1.54) is 12.1 Å². The minimum absolute atomic E-state index is 0.219. The number of rotatable bonds is 7. The molecule has 1 N–H and O–H groups in total. The molecule has 0 spiro atoms. The molecule has 2 aromatic carbocycles. The van der Waals surface area contributed by atoms with Gasteiger partial charge in [-0.1, -0.05) is 15.9 Å². The summed E-state index contributed by atoms with van der Waals surface area (Å²) in [6.07, 6.45) is 0.756. The van der Waals surface area contributed by atoms with Crippen molar-refractivity contribution in [2.75, 3.05) is 44.2 Å². The quantitative estimate of drug-likeness (QED) is 0.651. The van der Waals surface area contributed by atoms with E-state index >= 15 is 0 Å². The van der Waals surface area contributed by atoms with Gasteiger partial charge in [-0.3, -0.25) is 4.90 Å². The topological polar surface area (TPSA) is 52.7 Å². The number of anilines is 1. The summed E-state index contributed by atoms with van der Waals surface area (Å²) in [6.45, 7) is 4.86. The fraction of sp³-hybridized carbons (Fsp3) is 0.368. The fourth-order valence-corrected chi connectivity index (χ4v) is 4.43. The first-order valence-corrected chi connectivity index (χ1v) is 11.2. The Balaban J connectivity index is 1.39. The summed E-state index contributed by atoms with van der Waals surface area (Å²) in [7, 11) is -3.46. The summed E-state index contributed by atoms with van der Waals surface area (Å²) in [5.41, 5.74) is 1.04. The van der Waals surface area contributed by atoms with E-state index in [1.807, 2.05) is 12.1 Å². The Labute approximate surface area is 168 Å². The second kappa shape index (κ2) is 9.14. The zero-order valence-corrected chi connectivity index (χ0v) is 17.3. The van der Waals surface area contributed by atoms with Crippen LogP contribution in [0.4, 0.5) is 10.1 Å². The first-order chi connectivity index (χ1) is 12.9. The second-order valence-corrected chi connectivity index (χ2v) is 9.19. The standard InChI is InChI=1S/C19H23BrFN3O2S/c20-16-2-8-19(9-3-16)27(25,26)22-10-1-11-23-12-14-24(15-13-23)18-6-4-17(21)5-7-18/h2-9,22H,1,10-15H2. The van der Waals surface area contributed by atoms with Gasteiger partial charge in [0.05, 0.1) is 4.90 Å². The van der Waals surface area contributed by atoms with Gasteiger partial charge in [-0.2, -0.15) is 0 Å². The normalized spacial score (nSPS) is 15.9. The Bertz CT molecular complexity index is 836. The molecule has 1 heterocycles. The number of halogens is 2. The number of piperazine rings is 1. The molecule has 0 saturated carbocycles. The van der Waals surface area contributed by atoms with Gasteiger partial charge in [-0.05, 0) is 61.5 Å². The van der Waals surface area contributed by atoms with Crippen molar-refractivity contribution in [3.05, 3.63) is 58.8 Å². The zero-order valence-electron chi connectivity index (χ0n) is 14.9. The van der Waals surface area contributed by atoms with E-state index < -0.39 is 10.0 Å². The van der Waals surface area contributed by atoms with E-state index in [4.69, 9.17) is 0 Å². The van der Waals surface area contributed by atoms with Crippen LogP contribution in [-0.4, -0.2) is 52.6 Å². The van der Waals surface area contributed by atoms with E-state index in [2.05, 4.69) is 30.5 Å². The van der Waals surface area contributed by atoms with Crippen molar-refractivity contribution in [2.45, 2.75) is 11.3 Å². The maximum absolute atomic E-state index is 13.0. The van der Waals surface area contributed by atoms with E-state index in [0.717, 1.165) is 49.3 Å². The van der Waals surface area contributed by atoms with E-state index in [9.17, 15) is 12.8 Å². The Kier molecular flexibility index (Phi) is 6.86. The van der Waals surface area contributed by atoms with Crippen molar-refractivity contribution in [1.82, 2.24) is 9.62 Å². The van der Waals surface area contributed by atoms with Gasteiger partial charge < -0.3 is 4.90 Å². The van der Waals surface area contributed by atoms with Crippen molar-refractivity contribution in [1.29, 1.82) is 0 Å². The fourth-order valence-electron chi connectivity index (χ4n) is 3.09. The lowest BCUT2D eigenvalue weighted by Gasteiger charge is -2.36. The molecule has 0 unspecified atom stereocenters. The molecule has 0 aliphatic carbocycles. The second-order valence-electron chi connectivity index (χ2n) is 6.51. The maximum atomic E-state index is 13.0. The first kappa shape index (κ1) is 20.3. The summed E-state index contributed by atoms with van der Waals surface area (Å²) in [5.74, 6) is -0.219. The number of benzene rings is 2. The monoisotopic (exact) mass is 455 g/mol. The van der Waals surface area contributed by atoms with Crippen molar-refractivity contribution in [3.63, 3.8) is 0 Å². The minimum atomic E-state index is -3.46. The van der Waals surface area contributed by atoms with Crippen LogP contribution < -0.4 is 9.62 Å². The van der Waals surface area contributed by atoms with Gasteiger partial charge in [0, 0.05) is 42.9 Å². The smallest absolute Gasteiger partial charge is 0.240 e. The number of hydrogen-bond donors (Lipinski definition) is 1. The lowest BCUT2D eigenvalue weighted by molar-refractivity contribution is 0.255. The van der Waals surface area contributed by atoms with Crippen LogP contribution >= 0.6 is 15.9 Å². The number of sulfonamides is 1. The Morgan fingerprint density at radius 1 is 0.963 bits per heavy atom. The predicted molar refractivity (Wildman–Crippen MR) is 109 cm³/mol. The Morgan fingerprint density at radius 3 is 2.22 bits per heavy atom. The molecule has 8 heteroatoms. The van der Waals surface area contributed by atoms with Crippen molar-refractivity contribution >= 4 is 31.6 Å². The first-order valence-electron chi connectivity index (χ1n) is 8.92. The van der Waals surface area contributed by atoms with E-state index in [-0.39, 0.29) is 10.7 Å². The van der Waals surface area contributed by atoms with Crippen LogP contribution in [-0.2, 0) is 10.0 Å². The minimum Gasteiger partial charge on any atom is -0.369 e. The van der Waals surface area contributed by atoms with Gasteiger partial charge in [-0.15, -0.1) is 0 Å². The maximum Gasteiger partial charge on any atom is 0.240 e. The molecule has 0 amide bonds. The average molecular weight is 456 g/mol. The third-order valence-electron chi connectivity index (χ3n) is 4.63. The molecule has 3 rings (SSSR count). The molecule has 2 aromatic rings. The highest BCUT2D eigenvalue weighted by Crippen LogP contribution is 2.17. The molecule has 0 aromatic heterocycles. The molecule has 1 aliphatic rings. The Hall–Kier alpha value is -1.48. The molecular weight excluding hydrogens is 433 g/mol. The van der Waals surface area contributed by atoms with Crippen LogP contribution in [0.15, 0.2) is 57.9 Å². The van der Waals surface area contributed by atoms with Crippen LogP contribution in [0, 0.1) is 5.82 Å². The highest BCUT2D eigenvalue weighted by Gasteiger charge is 2.17.